The van der Waals surface area contributed by atoms with E-state index in [1.807, 2.05) is 4.90 Å². The monoisotopic (exact) mass is 339 g/mol. The van der Waals surface area contributed by atoms with Crippen molar-refractivity contribution in [3.8, 4) is 0 Å². The van der Waals surface area contributed by atoms with Crippen molar-refractivity contribution in [2.75, 3.05) is 38.6 Å². The largest absolute Gasteiger partial charge is 0.481 e. The fourth-order valence-electron chi connectivity index (χ4n) is 3.56. The van der Waals surface area contributed by atoms with E-state index in [4.69, 9.17) is 4.74 Å². The van der Waals surface area contributed by atoms with E-state index in [0.717, 1.165) is 0 Å². The lowest BCUT2D eigenvalue weighted by Gasteiger charge is -2.34. The standard InChI is InChI=1S/C16H21NO5S/c18-15(19)16-11-17(10-13(16)6-8-22-12-16)7-9-23(20,21)14-4-2-1-3-5-14/h1-5,13H,6-12H2,(H,18,19)/t13-,16+/m0/s1. The topological polar surface area (TPSA) is 83.9 Å². The maximum absolute atomic E-state index is 12.3. The molecule has 6 nitrogen and oxygen atoms in total. The zero-order chi connectivity index (χ0) is 16.5. The van der Waals surface area contributed by atoms with Crippen molar-refractivity contribution in [2.24, 2.45) is 11.3 Å². The second kappa shape index (κ2) is 6.22. The molecular weight excluding hydrogens is 318 g/mol. The van der Waals surface area contributed by atoms with Gasteiger partial charge < -0.3 is 14.7 Å². The lowest BCUT2D eigenvalue weighted by molar-refractivity contribution is -0.159. The molecule has 1 N–H and O–H groups in total. The number of ether oxygens (including phenoxy) is 1. The Morgan fingerprint density at radius 3 is 2.74 bits per heavy atom. The van der Waals surface area contributed by atoms with Crippen LogP contribution in [0.3, 0.4) is 0 Å². The Balaban J connectivity index is 1.67. The molecule has 2 heterocycles. The van der Waals surface area contributed by atoms with E-state index in [1.54, 1.807) is 30.3 Å². The van der Waals surface area contributed by atoms with Gasteiger partial charge in [0.25, 0.3) is 0 Å². The third kappa shape index (κ3) is 3.13. The highest BCUT2D eigenvalue weighted by atomic mass is 32.2. The van der Waals surface area contributed by atoms with Crippen LogP contribution >= 0.6 is 0 Å². The lowest BCUT2D eigenvalue weighted by atomic mass is 9.76. The number of likely N-dealkylation sites (tertiary alicyclic amines) is 1. The summed E-state index contributed by atoms with van der Waals surface area (Å²) in [6, 6.07) is 8.36. The van der Waals surface area contributed by atoms with Gasteiger partial charge in [0, 0.05) is 26.2 Å². The smallest absolute Gasteiger partial charge is 0.313 e. The molecule has 0 radical (unpaired) electrons. The average molecular weight is 339 g/mol. The maximum atomic E-state index is 12.3. The molecule has 126 valence electrons. The first-order chi connectivity index (χ1) is 10.9. The number of rotatable bonds is 5. The summed E-state index contributed by atoms with van der Waals surface area (Å²) in [6.07, 6.45) is 0.717. The zero-order valence-electron chi connectivity index (χ0n) is 12.8. The fraction of sp³-hybridized carbons (Fsp3) is 0.562. The van der Waals surface area contributed by atoms with Crippen molar-refractivity contribution >= 4 is 15.8 Å². The molecule has 23 heavy (non-hydrogen) atoms. The molecule has 2 aliphatic heterocycles. The van der Waals surface area contributed by atoms with Gasteiger partial charge in [0.2, 0.25) is 0 Å². The fourth-order valence-corrected chi connectivity index (χ4v) is 4.87. The Morgan fingerprint density at radius 1 is 1.35 bits per heavy atom. The Kier molecular flexibility index (Phi) is 4.44. The zero-order valence-corrected chi connectivity index (χ0v) is 13.7. The Bertz CT molecular complexity index is 675. The molecule has 3 rings (SSSR count). The molecule has 1 aromatic rings. The first-order valence-electron chi connectivity index (χ1n) is 7.75. The minimum absolute atomic E-state index is 0.000287. The van der Waals surface area contributed by atoms with Crippen molar-refractivity contribution in [1.82, 2.24) is 4.90 Å². The SMILES string of the molecule is O=C(O)[C@]12COCC[C@H]1CN(CCS(=O)(=O)c1ccccc1)C2. The van der Waals surface area contributed by atoms with Crippen molar-refractivity contribution in [2.45, 2.75) is 11.3 Å². The summed E-state index contributed by atoms with van der Waals surface area (Å²) in [5.74, 6) is -0.802. The van der Waals surface area contributed by atoms with Crippen LogP contribution < -0.4 is 0 Å². The maximum Gasteiger partial charge on any atom is 0.313 e. The van der Waals surface area contributed by atoms with Crippen molar-refractivity contribution in [3.05, 3.63) is 30.3 Å². The van der Waals surface area contributed by atoms with Crippen molar-refractivity contribution in [3.63, 3.8) is 0 Å². The Hall–Kier alpha value is -1.44. The third-order valence-corrected chi connectivity index (χ3v) is 6.65. The number of hydrogen-bond acceptors (Lipinski definition) is 5. The molecule has 2 fully saturated rings. The minimum Gasteiger partial charge on any atom is -0.481 e. The molecule has 0 spiro atoms. The number of carboxylic acid groups (broad SMARTS) is 1. The van der Waals surface area contributed by atoms with Gasteiger partial charge in [0.05, 0.1) is 17.3 Å². The van der Waals surface area contributed by atoms with Gasteiger partial charge in [-0.05, 0) is 24.5 Å². The molecule has 0 aromatic heterocycles. The number of benzene rings is 1. The average Bonchev–Trinajstić information content (AvgIpc) is 2.94. The molecule has 0 saturated carbocycles. The number of hydrogen-bond donors (Lipinski definition) is 1. The number of carbonyl (C=O) groups is 1. The summed E-state index contributed by atoms with van der Waals surface area (Å²) in [5.41, 5.74) is -0.880. The van der Waals surface area contributed by atoms with Gasteiger partial charge in [-0.1, -0.05) is 18.2 Å². The van der Waals surface area contributed by atoms with Gasteiger partial charge >= 0.3 is 5.97 Å². The molecule has 0 amide bonds. The van der Waals surface area contributed by atoms with E-state index in [-0.39, 0.29) is 18.3 Å². The molecule has 0 aliphatic carbocycles. The second-order valence-electron chi connectivity index (χ2n) is 6.37. The number of fused-ring (bicyclic) bond motifs is 1. The van der Waals surface area contributed by atoms with E-state index in [1.165, 1.54) is 0 Å². The van der Waals surface area contributed by atoms with E-state index in [9.17, 15) is 18.3 Å². The van der Waals surface area contributed by atoms with E-state index >= 15 is 0 Å². The summed E-state index contributed by atoms with van der Waals surface area (Å²) in [4.78, 5) is 14.0. The molecule has 0 bridgehead atoms. The van der Waals surface area contributed by atoms with E-state index < -0.39 is 21.2 Å². The number of nitrogens with zero attached hydrogens (tertiary/aromatic N) is 1. The van der Waals surface area contributed by atoms with E-state index in [2.05, 4.69) is 0 Å². The third-order valence-electron chi connectivity index (χ3n) is 4.94. The summed E-state index contributed by atoms with van der Waals surface area (Å²) in [7, 11) is -3.34. The number of carboxylic acids is 1. The van der Waals surface area contributed by atoms with Crippen LogP contribution in [-0.4, -0.2) is 63.0 Å². The van der Waals surface area contributed by atoms with Crippen LogP contribution in [0.15, 0.2) is 35.2 Å². The highest BCUT2D eigenvalue weighted by Gasteiger charge is 2.53. The predicted molar refractivity (Wildman–Crippen MR) is 83.9 cm³/mol. The van der Waals surface area contributed by atoms with Crippen LogP contribution in [0, 0.1) is 11.3 Å². The van der Waals surface area contributed by atoms with Crippen LogP contribution in [0.5, 0.6) is 0 Å². The van der Waals surface area contributed by atoms with Crippen LogP contribution in [0.4, 0.5) is 0 Å². The predicted octanol–water partition coefficient (Wildman–Crippen LogP) is 0.883. The minimum atomic E-state index is -3.34. The van der Waals surface area contributed by atoms with Crippen molar-refractivity contribution in [1.29, 1.82) is 0 Å². The van der Waals surface area contributed by atoms with Gasteiger partial charge in [0.1, 0.15) is 5.41 Å². The molecule has 2 atom stereocenters. The quantitative estimate of drug-likeness (QED) is 0.857. The normalized spacial score (nSPS) is 28.4. The highest BCUT2D eigenvalue weighted by molar-refractivity contribution is 7.91. The molecule has 2 aliphatic rings. The lowest BCUT2D eigenvalue weighted by Crippen LogP contribution is -2.46. The van der Waals surface area contributed by atoms with Crippen LogP contribution in [0.25, 0.3) is 0 Å². The Morgan fingerprint density at radius 2 is 2.09 bits per heavy atom. The first-order valence-corrected chi connectivity index (χ1v) is 9.41. The van der Waals surface area contributed by atoms with Gasteiger partial charge in [-0.15, -0.1) is 0 Å². The molecular formula is C16H21NO5S. The van der Waals surface area contributed by atoms with Crippen molar-refractivity contribution < 1.29 is 23.1 Å². The number of aliphatic carboxylic acids is 1. The van der Waals surface area contributed by atoms with Gasteiger partial charge in [-0.3, -0.25) is 4.79 Å². The summed E-state index contributed by atoms with van der Waals surface area (Å²) in [5, 5.41) is 9.60. The highest BCUT2D eigenvalue weighted by Crippen LogP contribution is 2.41. The summed E-state index contributed by atoms with van der Waals surface area (Å²) < 4.78 is 30.1. The van der Waals surface area contributed by atoms with Crippen LogP contribution in [0.2, 0.25) is 0 Å². The Labute approximate surface area is 136 Å². The van der Waals surface area contributed by atoms with Gasteiger partial charge in [0.15, 0.2) is 9.84 Å². The molecule has 1 aromatic carbocycles. The van der Waals surface area contributed by atoms with Gasteiger partial charge in [-0.2, -0.15) is 0 Å². The molecule has 7 heteroatoms. The first kappa shape index (κ1) is 16.4. The van der Waals surface area contributed by atoms with Crippen LogP contribution in [-0.2, 0) is 19.4 Å². The van der Waals surface area contributed by atoms with Gasteiger partial charge in [-0.25, -0.2) is 8.42 Å². The summed E-state index contributed by atoms with van der Waals surface area (Å²) >= 11 is 0. The molecule has 2 saturated heterocycles. The summed E-state index contributed by atoms with van der Waals surface area (Å²) in [6.45, 7) is 2.13. The van der Waals surface area contributed by atoms with E-state index in [0.29, 0.717) is 37.6 Å². The molecule has 0 unspecified atom stereocenters. The number of sulfone groups is 1. The second-order valence-corrected chi connectivity index (χ2v) is 8.48. The van der Waals surface area contributed by atoms with Crippen LogP contribution in [0.1, 0.15) is 6.42 Å².